The minimum Gasteiger partial charge on any atom is -0.489 e. The van der Waals surface area contributed by atoms with Crippen molar-refractivity contribution >= 4 is 5.91 Å². The summed E-state index contributed by atoms with van der Waals surface area (Å²) in [6, 6.07) is 17.9. The number of halogens is 2. The summed E-state index contributed by atoms with van der Waals surface area (Å²) in [4.78, 5) is 11.2. The number of rotatable bonds is 9. The average molecular weight is 410 g/mol. The van der Waals surface area contributed by atoms with Gasteiger partial charge in [0, 0.05) is 13.0 Å². The lowest BCUT2D eigenvalue weighted by molar-refractivity contribution is -0.119. The number of carbonyl (C=O) groups is 1. The fourth-order valence-electron chi connectivity index (χ4n) is 3.02. The first-order valence-electron chi connectivity index (χ1n) is 9.67. The molecule has 4 nitrogen and oxygen atoms in total. The zero-order valence-corrected chi connectivity index (χ0v) is 16.7. The van der Waals surface area contributed by atoms with Gasteiger partial charge in [-0.05, 0) is 59.5 Å². The van der Waals surface area contributed by atoms with Gasteiger partial charge in [-0.1, -0.05) is 36.4 Å². The molecule has 1 amide bonds. The van der Waals surface area contributed by atoms with Crippen molar-refractivity contribution in [2.24, 2.45) is 5.73 Å². The van der Waals surface area contributed by atoms with Crippen LogP contribution >= 0.6 is 0 Å². The molecule has 3 aromatic carbocycles. The van der Waals surface area contributed by atoms with Crippen molar-refractivity contribution in [2.75, 3.05) is 0 Å². The summed E-state index contributed by atoms with van der Waals surface area (Å²) < 4.78 is 33.0. The number of ether oxygens (including phenoxy) is 1. The highest BCUT2D eigenvalue weighted by Gasteiger charge is 2.11. The van der Waals surface area contributed by atoms with E-state index in [2.05, 4.69) is 5.32 Å². The largest absolute Gasteiger partial charge is 0.489 e. The van der Waals surface area contributed by atoms with Gasteiger partial charge in [-0.2, -0.15) is 0 Å². The van der Waals surface area contributed by atoms with Gasteiger partial charge in [0.1, 0.15) is 24.0 Å². The van der Waals surface area contributed by atoms with Crippen LogP contribution in [0.25, 0.3) is 0 Å². The molecule has 0 aliphatic rings. The fraction of sp³-hybridized carbons (Fsp3) is 0.208. The normalized spacial score (nSPS) is 11.8. The molecule has 30 heavy (non-hydrogen) atoms. The summed E-state index contributed by atoms with van der Waals surface area (Å²) in [5.41, 5.74) is 8.60. The van der Waals surface area contributed by atoms with Crippen molar-refractivity contribution in [2.45, 2.75) is 32.5 Å². The molecule has 0 spiro atoms. The van der Waals surface area contributed by atoms with Crippen LogP contribution in [0.2, 0.25) is 0 Å². The number of primary amides is 1. The predicted octanol–water partition coefficient (Wildman–Crippen LogP) is 4.10. The molecule has 0 radical (unpaired) electrons. The Bertz CT molecular complexity index is 1020. The van der Waals surface area contributed by atoms with Crippen molar-refractivity contribution in [1.82, 2.24) is 5.32 Å². The molecule has 1 atom stereocenters. The highest BCUT2D eigenvalue weighted by atomic mass is 19.1. The van der Waals surface area contributed by atoms with Crippen LogP contribution in [0.5, 0.6) is 5.75 Å². The van der Waals surface area contributed by atoms with Gasteiger partial charge < -0.3 is 15.8 Å². The summed E-state index contributed by atoms with van der Waals surface area (Å²) >= 11 is 0. The number of hydrogen-bond donors (Lipinski definition) is 2. The Morgan fingerprint density at radius 1 is 0.967 bits per heavy atom. The lowest BCUT2D eigenvalue weighted by Crippen LogP contribution is -2.38. The molecule has 6 heteroatoms. The maximum Gasteiger partial charge on any atom is 0.234 e. The van der Waals surface area contributed by atoms with E-state index in [0.29, 0.717) is 24.3 Å². The molecule has 0 aliphatic carbocycles. The third-order valence-corrected chi connectivity index (χ3v) is 4.74. The van der Waals surface area contributed by atoms with Crippen molar-refractivity contribution < 1.29 is 18.3 Å². The number of hydrogen-bond acceptors (Lipinski definition) is 3. The number of amides is 1. The highest BCUT2D eigenvalue weighted by Crippen LogP contribution is 2.25. The van der Waals surface area contributed by atoms with E-state index >= 15 is 0 Å². The van der Waals surface area contributed by atoms with Gasteiger partial charge in [0.2, 0.25) is 5.91 Å². The Morgan fingerprint density at radius 2 is 1.63 bits per heavy atom. The Hall–Kier alpha value is -3.25. The SMILES string of the molecule is C[C@H](NCc1ccc(Cc2cccc(F)c2)c(OCc2cccc(F)c2)c1)C(N)=O. The maximum atomic E-state index is 13.6. The molecular formula is C24H24F2N2O2. The Kier molecular flexibility index (Phi) is 7.14. The van der Waals surface area contributed by atoms with Gasteiger partial charge in [0.05, 0.1) is 6.04 Å². The van der Waals surface area contributed by atoms with Crippen molar-refractivity contribution in [3.63, 3.8) is 0 Å². The van der Waals surface area contributed by atoms with Gasteiger partial charge in [-0.3, -0.25) is 4.79 Å². The average Bonchev–Trinajstić information content (AvgIpc) is 2.71. The Morgan fingerprint density at radius 3 is 2.30 bits per heavy atom. The van der Waals surface area contributed by atoms with Gasteiger partial charge in [-0.15, -0.1) is 0 Å². The van der Waals surface area contributed by atoms with Crippen LogP contribution in [-0.2, 0) is 24.4 Å². The molecule has 3 aromatic rings. The highest BCUT2D eigenvalue weighted by molar-refractivity contribution is 5.79. The second-order valence-corrected chi connectivity index (χ2v) is 7.17. The van der Waals surface area contributed by atoms with Crippen molar-refractivity contribution in [3.05, 3.63) is 101 Å². The Balaban J connectivity index is 1.81. The van der Waals surface area contributed by atoms with Crippen LogP contribution in [-0.4, -0.2) is 11.9 Å². The quantitative estimate of drug-likeness (QED) is 0.558. The monoisotopic (exact) mass is 410 g/mol. The molecule has 0 unspecified atom stereocenters. The van der Waals surface area contributed by atoms with Crippen LogP contribution in [0.3, 0.4) is 0 Å². The third kappa shape index (κ3) is 6.12. The number of nitrogens with two attached hydrogens (primary N) is 1. The van der Waals surface area contributed by atoms with E-state index in [1.54, 1.807) is 25.1 Å². The van der Waals surface area contributed by atoms with E-state index in [1.807, 2.05) is 24.3 Å². The fourth-order valence-corrected chi connectivity index (χ4v) is 3.02. The lowest BCUT2D eigenvalue weighted by atomic mass is 10.0. The molecule has 156 valence electrons. The standard InChI is InChI=1S/C24H24F2N2O2/c1-16(24(27)29)28-14-18-8-9-20(10-17-4-2-6-21(25)11-17)23(13-18)30-15-19-5-3-7-22(26)12-19/h2-9,11-13,16,28H,10,14-15H2,1H3,(H2,27,29)/t16-/m0/s1. The summed E-state index contributed by atoms with van der Waals surface area (Å²) in [6.45, 7) is 2.32. The lowest BCUT2D eigenvalue weighted by Gasteiger charge is -2.15. The first-order valence-corrected chi connectivity index (χ1v) is 9.67. The first kappa shape index (κ1) is 21.5. The minimum absolute atomic E-state index is 0.197. The Labute approximate surface area is 174 Å². The molecule has 0 saturated carbocycles. The van der Waals surface area contributed by atoms with Crippen LogP contribution in [0.15, 0.2) is 66.7 Å². The third-order valence-electron chi connectivity index (χ3n) is 4.74. The van der Waals surface area contributed by atoms with E-state index in [1.165, 1.54) is 24.3 Å². The molecule has 0 saturated heterocycles. The van der Waals surface area contributed by atoms with Crippen LogP contribution < -0.4 is 15.8 Å². The topological polar surface area (TPSA) is 64.3 Å². The zero-order chi connectivity index (χ0) is 21.5. The molecule has 0 bridgehead atoms. The summed E-state index contributed by atoms with van der Waals surface area (Å²) in [6.07, 6.45) is 0.488. The smallest absolute Gasteiger partial charge is 0.234 e. The number of nitrogens with one attached hydrogen (secondary N) is 1. The van der Waals surface area contributed by atoms with E-state index in [9.17, 15) is 13.6 Å². The molecule has 0 aromatic heterocycles. The molecule has 0 aliphatic heterocycles. The van der Waals surface area contributed by atoms with E-state index < -0.39 is 11.9 Å². The predicted molar refractivity (Wildman–Crippen MR) is 112 cm³/mol. The number of benzene rings is 3. The maximum absolute atomic E-state index is 13.6. The van der Waals surface area contributed by atoms with E-state index in [0.717, 1.165) is 16.7 Å². The van der Waals surface area contributed by atoms with E-state index in [-0.39, 0.29) is 18.2 Å². The molecular weight excluding hydrogens is 386 g/mol. The van der Waals surface area contributed by atoms with Crippen LogP contribution in [0.4, 0.5) is 8.78 Å². The van der Waals surface area contributed by atoms with Crippen molar-refractivity contribution in [1.29, 1.82) is 0 Å². The summed E-state index contributed by atoms with van der Waals surface area (Å²) in [7, 11) is 0. The summed E-state index contributed by atoms with van der Waals surface area (Å²) in [5, 5.41) is 3.05. The first-order chi connectivity index (χ1) is 14.4. The molecule has 3 rings (SSSR count). The second-order valence-electron chi connectivity index (χ2n) is 7.17. The van der Waals surface area contributed by atoms with Crippen LogP contribution in [0.1, 0.15) is 29.2 Å². The van der Waals surface area contributed by atoms with Crippen LogP contribution in [0, 0.1) is 11.6 Å². The molecule has 0 heterocycles. The van der Waals surface area contributed by atoms with Gasteiger partial charge in [-0.25, -0.2) is 8.78 Å². The van der Waals surface area contributed by atoms with Crippen molar-refractivity contribution in [3.8, 4) is 5.75 Å². The molecule has 3 N–H and O–H groups in total. The second kappa shape index (κ2) is 9.98. The summed E-state index contributed by atoms with van der Waals surface area (Å²) in [5.74, 6) is -0.430. The zero-order valence-electron chi connectivity index (χ0n) is 16.7. The minimum atomic E-state index is -0.464. The molecule has 0 fully saturated rings. The van der Waals surface area contributed by atoms with Gasteiger partial charge >= 0.3 is 0 Å². The van der Waals surface area contributed by atoms with Gasteiger partial charge in [0.25, 0.3) is 0 Å². The number of carbonyl (C=O) groups excluding carboxylic acids is 1. The van der Waals surface area contributed by atoms with E-state index in [4.69, 9.17) is 10.5 Å². The van der Waals surface area contributed by atoms with Gasteiger partial charge in [0.15, 0.2) is 0 Å².